The zero-order valence-electron chi connectivity index (χ0n) is 18.3. The number of ether oxygens (including phenoxy) is 1. The molecule has 0 saturated carbocycles. The Morgan fingerprint density at radius 2 is 0.935 bits per heavy atom. The van der Waals surface area contributed by atoms with Crippen LogP contribution >= 0.6 is 0 Å². The van der Waals surface area contributed by atoms with Crippen molar-refractivity contribution >= 4 is 31.6 Å². The van der Waals surface area contributed by atoms with Crippen LogP contribution in [0.2, 0.25) is 0 Å². The van der Waals surface area contributed by atoms with Crippen molar-refractivity contribution in [1.29, 1.82) is 0 Å². The van der Waals surface area contributed by atoms with Crippen LogP contribution in [0.4, 0.5) is 11.4 Å². The Morgan fingerprint density at radius 3 is 1.16 bits per heavy atom. The second-order valence-corrected chi connectivity index (χ2v) is 9.93. The van der Waals surface area contributed by atoms with Gasteiger partial charge in [0.25, 0.3) is 20.2 Å². The maximum absolute atomic E-state index is 11.4. The molecule has 176 valence electrons. The Kier molecular flexibility index (Phi) is 10.9. The molecule has 2 rings (SSSR count). The lowest BCUT2D eigenvalue weighted by Crippen LogP contribution is -2.05. The molecule has 31 heavy (non-hydrogen) atoms. The summed E-state index contributed by atoms with van der Waals surface area (Å²) in [5.74, 6) is -0.757. The van der Waals surface area contributed by atoms with Crippen LogP contribution in [0, 0.1) is 0 Å². The first-order valence-corrected chi connectivity index (χ1v) is 11.5. The predicted molar refractivity (Wildman–Crippen MR) is 121 cm³/mol. The smallest absolute Gasteiger partial charge is 0.298 e. The van der Waals surface area contributed by atoms with Crippen LogP contribution in [0.5, 0.6) is 11.5 Å². The summed E-state index contributed by atoms with van der Waals surface area (Å²) in [6.07, 6.45) is 0. The summed E-state index contributed by atoms with van der Waals surface area (Å²) in [5.41, 5.74) is 11.0. The van der Waals surface area contributed by atoms with E-state index in [0.29, 0.717) is 0 Å². The van der Waals surface area contributed by atoms with Crippen molar-refractivity contribution < 1.29 is 30.7 Å². The average molecular weight is 479 g/mol. The molecule has 2 aromatic carbocycles. The van der Waals surface area contributed by atoms with Gasteiger partial charge in [-0.3, -0.25) is 9.11 Å². The number of rotatable bonds is 4. The van der Waals surface area contributed by atoms with E-state index in [0.717, 1.165) is 24.3 Å². The summed E-state index contributed by atoms with van der Waals surface area (Å²) >= 11 is 0. The highest BCUT2D eigenvalue weighted by Gasteiger charge is 2.22. The molecular formula is C18H30N4O7S2. The fourth-order valence-electron chi connectivity index (χ4n) is 1.74. The topological polar surface area (TPSA) is 176 Å². The fraction of sp³-hybridized carbons (Fsp3) is 0.333. The highest BCUT2D eigenvalue weighted by Crippen LogP contribution is 2.34. The van der Waals surface area contributed by atoms with Crippen molar-refractivity contribution in [1.82, 2.24) is 9.80 Å². The zero-order valence-corrected chi connectivity index (χ0v) is 19.9. The van der Waals surface area contributed by atoms with Crippen LogP contribution in [0.25, 0.3) is 0 Å². The molecule has 0 aliphatic carbocycles. The molecule has 2 aromatic rings. The number of nitrogen functional groups attached to an aromatic ring is 2. The summed E-state index contributed by atoms with van der Waals surface area (Å²) in [7, 11) is 2.65. The zero-order chi connectivity index (χ0) is 24.6. The SMILES string of the molecule is CN(C)C.CN(C)C.Nc1ccc(Oc2ccc(N)cc2S(=O)(=O)O)c(S(=O)(=O)O)c1. The molecule has 0 spiro atoms. The molecule has 0 heterocycles. The quantitative estimate of drug-likeness (QED) is 0.370. The van der Waals surface area contributed by atoms with Crippen molar-refractivity contribution in [2.24, 2.45) is 0 Å². The Morgan fingerprint density at radius 1 is 0.677 bits per heavy atom. The van der Waals surface area contributed by atoms with Crippen molar-refractivity contribution in [3.05, 3.63) is 36.4 Å². The minimum atomic E-state index is -4.67. The third-order valence-corrected chi connectivity index (χ3v) is 4.46. The summed E-state index contributed by atoms with van der Waals surface area (Å²) in [6.45, 7) is 0. The van der Waals surface area contributed by atoms with Crippen LogP contribution < -0.4 is 16.2 Å². The number of anilines is 2. The van der Waals surface area contributed by atoms with Gasteiger partial charge in [-0.05, 0) is 78.7 Å². The van der Waals surface area contributed by atoms with E-state index in [2.05, 4.69) is 0 Å². The highest BCUT2D eigenvalue weighted by molar-refractivity contribution is 7.86. The van der Waals surface area contributed by atoms with Gasteiger partial charge in [0.2, 0.25) is 0 Å². The van der Waals surface area contributed by atoms with Gasteiger partial charge in [0.1, 0.15) is 21.3 Å². The Balaban J connectivity index is 0.000000967. The number of hydrogen-bond acceptors (Lipinski definition) is 9. The third kappa shape index (κ3) is 11.5. The van der Waals surface area contributed by atoms with E-state index in [1.807, 2.05) is 52.1 Å². The van der Waals surface area contributed by atoms with Gasteiger partial charge < -0.3 is 26.0 Å². The van der Waals surface area contributed by atoms with E-state index >= 15 is 0 Å². The first-order chi connectivity index (χ1) is 13.9. The largest absolute Gasteiger partial charge is 0.454 e. The van der Waals surface area contributed by atoms with E-state index in [1.54, 1.807) is 0 Å². The molecule has 0 aliphatic heterocycles. The van der Waals surface area contributed by atoms with Crippen molar-refractivity contribution in [2.75, 3.05) is 53.8 Å². The molecule has 0 fully saturated rings. The van der Waals surface area contributed by atoms with E-state index < -0.39 is 30.0 Å². The van der Waals surface area contributed by atoms with Gasteiger partial charge in [-0.25, -0.2) is 0 Å². The second kappa shape index (κ2) is 11.8. The molecule has 6 N–H and O–H groups in total. The molecule has 13 heteroatoms. The average Bonchev–Trinajstić information content (AvgIpc) is 2.55. The number of nitrogens with two attached hydrogens (primary N) is 2. The molecule has 0 saturated heterocycles. The van der Waals surface area contributed by atoms with E-state index in [4.69, 9.17) is 16.2 Å². The van der Waals surface area contributed by atoms with Gasteiger partial charge in [-0.2, -0.15) is 16.8 Å². The van der Waals surface area contributed by atoms with Crippen LogP contribution in [-0.2, 0) is 20.2 Å². The lowest BCUT2D eigenvalue weighted by Gasteiger charge is -2.12. The van der Waals surface area contributed by atoms with E-state index in [9.17, 15) is 25.9 Å². The Bertz CT molecular complexity index is 979. The minimum absolute atomic E-state index is 0.0392. The van der Waals surface area contributed by atoms with Gasteiger partial charge in [0, 0.05) is 11.4 Å². The lowest BCUT2D eigenvalue weighted by molar-refractivity contribution is 0.434. The van der Waals surface area contributed by atoms with Gasteiger partial charge in [-0.1, -0.05) is 0 Å². The normalized spacial score (nSPS) is 11.3. The van der Waals surface area contributed by atoms with Crippen LogP contribution in [-0.4, -0.2) is 78.0 Å². The second-order valence-electron chi connectivity index (χ2n) is 7.15. The standard InChI is InChI=1S/C12H12N2O7S2.2C3H9N/c13-7-1-3-9(11(5-7)22(15,16)17)21-10-4-2-8(14)6-12(10)23(18,19)20;2*1-4(2)3/h1-6H,13-14H2,(H,15,16,17)(H,18,19,20);2*1-3H3. The highest BCUT2D eigenvalue weighted by atomic mass is 32.2. The molecule has 11 nitrogen and oxygen atoms in total. The van der Waals surface area contributed by atoms with E-state index in [-0.39, 0.29) is 22.9 Å². The lowest BCUT2D eigenvalue weighted by atomic mass is 10.3. The first-order valence-electron chi connectivity index (χ1n) is 8.59. The minimum Gasteiger partial charge on any atom is -0.454 e. The fourth-order valence-corrected chi connectivity index (χ4v) is 3.04. The Labute approximate surface area is 183 Å². The number of benzene rings is 2. The molecule has 0 aliphatic rings. The van der Waals surface area contributed by atoms with E-state index in [1.165, 1.54) is 12.1 Å². The third-order valence-electron chi connectivity index (χ3n) is 2.71. The van der Waals surface area contributed by atoms with Crippen LogP contribution in [0.1, 0.15) is 0 Å². The van der Waals surface area contributed by atoms with Gasteiger partial charge in [0.15, 0.2) is 0 Å². The first kappa shape index (κ1) is 28.6. The van der Waals surface area contributed by atoms with Crippen LogP contribution in [0.15, 0.2) is 46.2 Å². The molecule has 0 atom stereocenters. The summed E-state index contributed by atoms with van der Waals surface area (Å²) in [4.78, 5) is 2.69. The monoisotopic (exact) mass is 478 g/mol. The molecule has 0 bridgehead atoms. The summed E-state index contributed by atoms with van der Waals surface area (Å²) in [5, 5.41) is 0. The molecule has 0 unspecified atom stereocenters. The predicted octanol–water partition coefficient (Wildman–Crippen LogP) is 1.49. The number of nitrogens with zero attached hydrogens (tertiary/aromatic N) is 2. The van der Waals surface area contributed by atoms with Crippen molar-refractivity contribution in [3.8, 4) is 11.5 Å². The van der Waals surface area contributed by atoms with Crippen molar-refractivity contribution in [3.63, 3.8) is 0 Å². The maximum Gasteiger partial charge on any atom is 0.298 e. The molecule has 0 amide bonds. The van der Waals surface area contributed by atoms with Crippen molar-refractivity contribution in [2.45, 2.75) is 9.79 Å². The molecular weight excluding hydrogens is 448 g/mol. The number of hydrogen-bond donors (Lipinski definition) is 4. The van der Waals surface area contributed by atoms with Crippen LogP contribution in [0.3, 0.4) is 0 Å². The molecule has 0 radical (unpaired) electrons. The van der Waals surface area contributed by atoms with Gasteiger partial charge in [-0.15, -0.1) is 0 Å². The summed E-state index contributed by atoms with van der Waals surface area (Å²) < 4.78 is 69.1. The van der Waals surface area contributed by atoms with Gasteiger partial charge in [0.05, 0.1) is 0 Å². The maximum atomic E-state index is 11.4. The van der Waals surface area contributed by atoms with Gasteiger partial charge >= 0.3 is 0 Å². The Hall–Kier alpha value is -2.42. The molecule has 0 aromatic heterocycles. The summed E-state index contributed by atoms with van der Waals surface area (Å²) in [6, 6.07) is 6.71.